The van der Waals surface area contributed by atoms with Gasteiger partial charge in [0, 0.05) is 0 Å². The summed E-state index contributed by atoms with van der Waals surface area (Å²) in [7, 11) is 0. The van der Waals surface area contributed by atoms with Crippen LogP contribution in [0.2, 0.25) is 0 Å². The van der Waals surface area contributed by atoms with Crippen molar-refractivity contribution in [2.45, 2.75) is 52.4 Å². The topological polar surface area (TPSA) is 9.23 Å². The minimum atomic E-state index is -1.66. The zero-order valence-corrected chi connectivity index (χ0v) is 15.7. The van der Waals surface area contributed by atoms with Crippen molar-refractivity contribution in [3.8, 4) is 0 Å². The Morgan fingerprint density at radius 3 is 2.14 bits per heavy atom. The Morgan fingerprint density at radius 2 is 1.71 bits per heavy atom. The molecule has 0 aromatic rings. The van der Waals surface area contributed by atoms with E-state index in [1.54, 1.807) is 7.76 Å². The Balaban J connectivity index is 0.00000220. The Labute approximate surface area is 142 Å². The maximum atomic E-state index is 6.51. The molecule has 117 valence electrons. The molecular weight excluding hydrogens is 316 g/mol. The molecule has 0 aromatic carbocycles. The van der Waals surface area contributed by atoms with Gasteiger partial charge in [-0.3, -0.25) is 0 Å². The van der Waals surface area contributed by atoms with E-state index in [0.29, 0.717) is 0 Å². The fourth-order valence-corrected chi connectivity index (χ4v) is 6.29. The first-order valence-electron chi connectivity index (χ1n) is 8.07. The summed E-state index contributed by atoms with van der Waals surface area (Å²) >= 11 is -1.66. The standard InChI is InChI=1S/C8H17O.2C5H5.ClH.Ti/c1-3-5-6-8(4-2)7-9;2*1-2-4-5-3-1;;/h8H,3-7H2,1-2H3;2*1-3H,4H2;1H;/q-1;;;;+1. The fraction of sp³-hybridized carbons (Fsp3) is 0.556. The predicted molar refractivity (Wildman–Crippen MR) is 90.2 cm³/mol. The molecule has 1 atom stereocenters. The predicted octanol–water partition coefficient (Wildman–Crippen LogP) is 5.86. The maximum Gasteiger partial charge on any atom is -0.147 e. The molecule has 0 saturated heterocycles. The molecule has 3 heteroatoms. The van der Waals surface area contributed by atoms with E-state index in [1.807, 2.05) is 0 Å². The van der Waals surface area contributed by atoms with Crippen LogP contribution >= 0.6 is 12.4 Å². The normalized spacial score (nSPS) is 17.4. The Hall–Kier alpha value is -0.0757. The van der Waals surface area contributed by atoms with E-state index in [9.17, 15) is 0 Å². The average Bonchev–Trinajstić information content (AvgIpc) is 3.16. The van der Waals surface area contributed by atoms with Gasteiger partial charge in [0.1, 0.15) is 0 Å². The van der Waals surface area contributed by atoms with Crippen molar-refractivity contribution in [2.75, 3.05) is 6.61 Å². The smallest absolute Gasteiger partial charge is 0.147 e. The molecule has 21 heavy (non-hydrogen) atoms. The van der Waals surface area contributed by atoms with Crippen LogP contribution in [0, 0.1) is 5.92 Å². The summed E-state index contributed by atoms with van der Waals surface area (Å²) in [6.07, 6.45) is 21.0. The van der Waals surface area contributed by atoms with Gasteiger partial charge in [-0.2, -0.15) is 0 Å². The molecule has 0 aliphatic heterocycles. The molecular formula is C18H28ClOTi. The third-order valence-electron chi connectivity index (χ3n) is 4.13. The minimum absolute atomic E-state index is 0. The molecule has 0 aromatic heterocycles. The summed E-state index contributed by atoms with van der Waals surface area (Å²) in [6, 6.07) is 0. The van der Waals surface area contributed by atoms with Gasteiger partial charge in [-0.25, -0.2) is 0 Å². The molecule has 0 amide bonds. The zero-order chi connectivity index (χ0) is 14.2. The first-order valence-corrected chi connectivity index (χ1v) is 10.3. The largest absolute Gasteiger partial charge is 0.147 e. The third kappa shape index (κ3) is 5.91. The molecule has 0 fully saturated rings. The van der Waals surface area contributed by atoms with Crippen LogP contribution in [0.4, 0.5) is 0 Å². The molecule has 0 saturated carbocycles. The van der Waals surface area contributed by atoms with Crippen molar-refractivity contribution in [1.82, 2.24) is 0 Å². The molecule has 2 aliphatic carbocycles. The van der Waals surface area contributed by atoms with Crippen LogP contribution in [-0.4, -0.2) is 6.61 Å². The molecule has 0 spiro atoms. The van der Waals surface area contributed by atoms with E-state index in [2.05, 4.69) is 50.3 Å². The molecule has 0 N–H and O–H groups in total. The van der Waals surface area contributed by atoms with Gasteiger partial charge in [0.05, 0.1) is 0 Å². The SMILES string of the molecule is CCCCC(CC)C[O][Ti]([C]1=CC=CC1)[C]1=CC=CC1.Cl. The van der Waals surface area contributed by atoms with E-state index in [1.165, 1.54) is 25.7 Å². The number of allylic oxidation sites excluding steroid dienone is 8. The second kappa shape index (κ2) is 10.6. The first-order chi connectivity index (χ1) is 9.85. The van der Waals surface area contributed by atoms with Crippen LogP contribution in [-0.2, 0) is 21.6 Å². The van der Waals surface area contributed by atoms with Gasteiger partial charge in [-0.05, 0) is 0 Å². The van der Waals surface area contributed by atoms with Gasteiger partial charge in [-0.15, -0.1) is 12.4 Å². The van der Waals surface area contributed by atoms with Gasteiger partial charge >= 0.3 is 131 Å². The summed E-state index contributed by atoms with van der Waals surface area (Å²) < 4.78 is 9.69. The van der Waals surface area contributed by atoms with Gasteiger partial charge in [0.2, 0.25) is 0 Å². The second-order valence-electron chi connectivity index (χ2n) is 5.70. The molecule has 0 radical (unpaired) electrons. The van der Waals surface area contributed by atoms with Crippen molar-refractivity contribution in [3.05, 3.63) is 44.2 Å². The zero-order valence-electron chi connectivity index (χ0n) is 13.3. The molecule has 0 heterocycles. The van der Waals surface area contributed by atoms with Crippen LogP contribution < -0.4 is 0 Å². The third-order valence-corrected chi connectivity index (χ3v) is 7.82. The first kappa shape index (κ1) is 19.0. The van der Waals surface area contributed by atoms with Crippen LogP contribution in [0.1, 0.15) is 52.4 Å². The van der Waals surface area contributed by atoms with E-state index in [4.69, 9.17) is 3.32 Å². The number of halogens is 1. The van der Waals surface area contributed by atoms with Gasteiger partial charge < -0.3 is 0 Å². The van der Waals surface area contributed by atoms with Crippen molar-refractivity contribution in [1.29, 1.82) is 0 Å². The minimum Gasteiger partial charge on any atom is -0.147 e. The Bertz CT molecular complexity index is 393. The number of unbranched alkanes of at least 4 members (excludes halogenated alkanes) is 1. The van der Waals surface area contributed by atoms with E-state index < -0.39 is 18.3 Å². The Morgan fingerprint density at radius 1 is 1.10 bits per heavy atom. The summed E-state index contributed by atoms with van der Waals surface area (Å²) in [6.45, 7) is 5.55. The van der Waals surface area contributed by atoms with E-state index >= 15 is 0 Å². The summed E-state index contributed by atoms with van der Waals surface area (Å²) in [5, 5.41) is 0. The summed E-state index contributed by atoms with van der Waals surface area (Å²) in [4.78, 5) is 0. The van der Waals surface area contributed by atoms with Crippen molar-refractivity contribution in [2.24, 2.45) is 5.92 Å². The summed E-state index contributed by atoms with van der Waals surface area (Å²) in [5.41, 5.74) is 0. The van der Waals surface area contributed by atoms with Gasteiger partial charge in [0.15, 0.2) is 0 Å². The summed E-state index contributed by atoms with van der Waals surface area (Å²) in [5.74, 6) is 0.752. The molecule has 1 unspecified atom stereocenters. The number of hydrogen-bond donors (Lipinski definition) is 0. The molecule has 0 bridgehead atoms. The van der Waals surface area contributed by atoms with Gasteiger partial charge in [-0.1, -0.05) is 0 Å². The van der Waals surface area contributed by atoms with Crippen molar-refractivity contribution < 1.29 is 21.6 Å². The average molecular weight is 344 g/mol. The van der Waals surface area contributed by atoms with Crippen LogP contribution in [0.15, 0.2) is 44.2 Å². The van der Waals surface area contributed by atoms with Crippen LogP contribution in [0.5, 0.6) is 0 Å². The molecule has 2 rings (SSSR count). The van der Waals surface area contributed by atoms with Gasteiger partial charge in [0.25, 0.3) is 0 Å². The number of hydrogen-bond acceptors (Lipinski definition) is 1. The maximum absolute atomic E-state index is 6.51. The van der Waals surface area contributed by atoms with Crippen LogP contribution in [0.3, 0.4) is 0 Å². The number of rotatable bonds is 9. The second-order valence-corrected chi connectivity index (χ2v) is 9.19. The van der Waals surface area contributed by atoms with E-state index in [-0.39, 0.29) is 12.4 Å². The monoisotopic (exact) mass is 343 g/mol. The van der Waals surface area contributed by atoms with Crippen molar-refractivity contribution >= 4 is 12.4 Å². The molecule has 1 nitrogen and oxygen atoms in total. The van der Waals surface area contributed by atoms with Crippen LogP contribution in [0.25, 0.3) is 0 Å². The van der Waals surface area contributed by atoms with E-state index in [0.717, 1.165) is 25.4 Å². The molecule has 2 aliphatic rings. The quantitative estimate of drug-likeness (QED) is 0.476. The fourth-order valence-electron chi connectivity index (χ4n) is 2.72. The Kier molecular flexibility index (Phi) is 9.59. The van der Waals surface area contributed by atoms with Crippen molar-refractivity contribution in [3.63, 3.8) is 0 Å².